The van der Waals surface area contributed by atoms with E-state index in [2.05, 4.69) is 44.4 Å². The molecule has 3 heteroatoms. The average Bonchev–Trinajstić information content (AvgIpc) is 2.51. The van der Waals surface area contributed by atoms with Gasteiger partial charge in [0.2, 0.25) is 0 Å². The summed E-state index contributed by atoms with van der Waals surface area (Å²) in [6.45, 7) is 16.7. The SMILES string of the molecule is CC(C)C[C@H]1C[C@H](N2CCC(OC3CCN(C(C)(C)C)CC3)CC2)C1. The number of ether oxygens (including phenoxy) is 1. The van der Waals surface area contributed by atoms with Gasteiger partial charge in [-0.3, -0.25) is 4.90 Å². The van der Waals surface area contributed by atoms with Crippen molar-refractivity contribution < 1.29 is 4.74 Å². The molecule has 3 fully saturated rings. The van der Waals surface area contributed by atoms with Gasteiger partial charge in [0.25, 0.3) is 0 Å². The van der Waals surface area contributed by atoms with Crippen LogP contribution in [0.4, 0.5) is 0 Å². The molecule has 0 aromatic heterocycles. The second-order valence-electron chi connectivity index (χ2n) is 10.3. The molecule has 0 aromatic carbocycles. The van der Waals surface area contributed by atoms with Crippen LogP contribution in [0.3, 0.4) is 0 Å². The van der Waals surface area contributed by atoms with Crippen molar-refractivity contribution in [3.63, 3.8) is 0 Å². The number of likely N-dealkylation sites (tertiary alicyclic amines) is 2. The van der Waals surface area contributed by atoms with Crippen molar-refractivity contribution in [3.8, 4) is 0 Å². The highest BCUT2D eigenvalue weighted by molar-refractivity contribution is 4.90. The van der Waals surface area contributed by atoms with E-state index >= 15 is 0 Å². The van der Waals surface area contributed by atoms with Gasteiger partial charge in [-0.15, -0.1) is 0 Å². The molecule has 0 spiro atoms. The van der Waals surface area contributed by atoms with Gasteiger partial charge in [0.05, 0.1) is 12.2 Å². The lowest BCUT2D eigenvalue weighted by Gasteiger charge is -2.47. The van der Waals surface area contributed by atoms with Crippen molar-refractivity contribution >= 4 is 0 Å². The highest BCUT2D eigenvalue weighted by atomic mass is 16.5. The van der Waals surface area contributed by atoms with Gasteiger partial charge in [0.1, 0.15) is 0 Å². The maximum absolute atomic E-state index is 6.49. The molecular weight excluding hydrogens is 308 g/mol. The molecule has 3 nitrogen and oxygen atoms in total. The molecule has 3 aliphatic rings. The monoisotopic (exact) mass is 350 g/mol. The second kappa shape index (κ2) is 8.27. The van der Waals surface area contributed by atoms with Crippen molar-refractivity contribution in [3.05, 3.63) is 0 Å². The average molecular weight is 351 g/mol. The van der Waals surface area contributed by atoms with Crippen LogP contribution >= 0.6 is 0 Å². The fourth-order valence-corrected chi connectivity index (χ4v) is 5.17. The third kappa shape index (κ3) is 5.43. The molecule has 0 bridgehead atoms. The van der Waals surface area contributed by atoms with Crippen LogP contribution in [-0.2, 0) is 4.74 Å². The molecule has 0 N–H and O–H groups in total. The Labute approximate surface area is 156 Å². The maximum Gasteiger partial charge on any atom is 0.0603 e. The van der Waals surface area contributed by atoms with Crippen LogP contribution in [0.5, 0.6) is 0 Å². The summed E-state index contributed by atoms with van der Waals surface area (Å²) < 4.78 is 6.49. The normalized spacial score (nSPS) is 31.4. The highest BCUT2D eigenvalue weighted by Crippen LogP contribution is 2.37. The Morgan fingerprint density at radius 2 is 1.40 bits per heavy atom. The molecule has 0 atom stereocenters. The Morgan fingerprint density at radius 3 is 1.88 bits per heavy atom. The first-order chi connectivity index (χ1) is 11.8. The summed E-state index contributed by atoms with van der Waals surface area (Å²) in [5, 5.41) is 0. The zero-order valence-corrected chi connectivity index (χ0v) is 17.5. The Hall–Kier alpha value is -0.120. The predicted octanol–water partition coefficient (Wildman–Crippen LogP) is 4.56. The Bertz CT molecular complexity index is 395. The molecule has 3 rings (SSSR count). The summed E-state index contributed by atoms with van der Waals surface area (Å²) in [7, 11) is 0. The third-order valence-corrected chi connectivity index (χ3v) is 6.78. The van der Waals surface area contributed by atoms with E-state index in [-0.39, 0.29) is 0 Å². The molecule has 146 valence electrons. The van der Waals surface area contributed by atoms with Gasteiger partial charge >= 0.3 is 0 Å². The van der Waals surface area contributed by atoms with E-state index in [0.29, 0.717) is 17.7 Å². The fourth-order valence-electron chi connectivity index (χ4n) is 5.17. The summed E-state index contributed by atoms with van der Waals surface area (Å²) in [5.41, 5.74) is 0.312. The summed E-state index contributed by atoms with van der Waals surface area (Å²) in [6, 6.07) is 0.889. The predicted molar refractivity (Wildman–Crippen MR) is 106 cm³/mol. The molecule has 2 heterocycles. The molecule has 0 amide bonds. The molecule has 1 aliphatic carbocycles. The van der Waals surface area contributed by atoms with Crippen molar-refractivity contribution in [2.75, 3.05) is 26.2 Å². The third-order valence-electron chi connectivity index (χ3n) is 6.78. The van der Waals surface area contributed by atoms with Gasteiger partial charge in [-0.25, -0.2) is 0 Å². The van der Waals surface area contributed by atoms with Crippen molar-refractivity contribution in [1.29, 1.82) is 0 Å². The lowest BCUT2D eigenvalue weighted by molar-refractivity contribution is -0.0818. The fraction of sp³-hybridized carbons (Fsp3) is 1.00. The van der Waals surface area contributed by atoms with Crippen molar-refractivity contribution in [2.45, 2.75) is 103 Å². The molecule has 0 aromatic rings. The summed E-state index contributed by atoms with van der Waals surface area (Å²) >= 11 is 0. The number of nitrogens with zero attached hydrogens (tertiary/aromatic N) is 2. The highest BCUT2D eigenvalue weighted by Gasteiger charge is 2.36. The van der Waals surface area contributed by atoms with Gasteiger partial charge in [0, 0.05) is 37.8 Å². The standard InChI is InChI=1S/C22H42N2O/c1-17(2)14-18-15-19(16-18)23-10-6-20(7-11-23)25-21-8-12-24(13-9-21)22(3,4)5/h17-21H,6-16H2,1-5H3/t18-,19-. The van der Waals surface area contributed by atoms with Gasteiger partial charge in [-0.1, -0.05) is 13.8 Å². The van der Waals surface area contributed by atoms with Crippen LogP contribution < -0.4 is 0 Å². The number of hydrogen-bond donors (Lipinski definition) is 0. The zero-order chi connectivity index (χ0) is 18.0. The lowest BCUT2D eigenvalue weighted by atomic mass is 9.74. The van der Waals surface area contributed by atoms with E-state index in [1.165, 1.54) is 71.1 Å². The molecule has 0 radical (unpaired) electrons. The number of piperidine rings is 2. The molecule has 1 saturated carbocycles. The Morgan fingerprint density at radius 1 is 0.880 bits per heavy atom. The van der Waals surface area contributed by atoms with E-state index in [0.717, 1.165) is 17.9 Å². The van der Waals surface area contributed by atoms with Crippen molar-refractivity contribution in [1.82, 2.24) is 9.80 Å². The van der Waals surface area contributed by atoms with Crippen molar-refractivity contribution in [2.24, 2.45) is 11.8 Å². The van der Waals surface area contributed by atoms with Gasteiger partial charge in [-0.05, 0) is 77.6 Å². The molecule has 0 unspecified atom stereocenters. The molecular formula is C22H42N2O. The van der Waals surface area contributed by atoms with Crippen LogP contribution in [0, 0.1) is 11.8 Å². The van der Waals surface area contributed by atoms with E-state index in [1.807, 2.05) is 0 Å². The minimum Gasteiger partial charge on any atom is -0.375 e. The van der Waals surface area contributed by atoms with Crippen LogP contribution in [0.25, 0.3) is 0 Å². The Kier molecular flexibility index (Phi) is 6.50. The minimum atomic E-state index is 0.312. The van der Waals surface area contributed by atoms with Crippen LogP contribution in [0.1, 0.15) is 79.6 Å². The van der Waals surface area contributed by atoms with E-state index in [9.17, 15) is 0 Å². The van der Waals surface area contributed by atoms with Gasteiger partial charge in [-0.2, -0.15) is 0 Å². The van der Waals surface area contributed by atoms with E-state index < -0.39 is 0 Å². The van der Waals surface area contributed by atoms with E-state index in [1.54, 1.807) is 0 Å². The molecule has 2 saturated heterocycles. The van der Waals surface area contributed by atoms with Gasteiger partial charge < -0.3 is 9.64 Å². The van der Waals surface area contributed by atoms with Crippen LogP contribution in [0.2, 0.25) is 0 Å². The van der Waals surface area contributed by atoms with Gasteiger partial charge in [0.15, 0.2) is 0 Å². The largest absolute Gasteiger partial charge is 0.375 e. The van der Waals surface area contributed by atoms with E-state index in [4.69, 9.17) is 4.74 Å². The smallest absolute Gasteiger partial charge is 0.0603 e. The Balaban J connectivity index is 1.31. The molecule has 25 heavy (non-hydrogen) atoms. The zero-order valence-electron chi connectivity index (χ0n) is 17.5. The first-order valence-corrected chi connectivity index (χ1v) is 11.0. The summed E-state index contributed by atoms with van der Waals surface area (Å²) in [6.07, 6.45) is 10.3. The maximum atomic E-state index is 6.49. The van der Waals surface area contributed by atoms with Crippen LogP contribution in [0.15, 0.2) is 0 Å². The lowest BCUT2D eigenvalue weighted by Crippen LogP contribution is -2.51. The summed E-state index contributed by atoms with van der Waals surface area (Å²) in [4.78, 5) is 5.37. The molecule has 2 aliphatic heterocycles. The first-order valence-electron chi connectivity index (χ1n) is 11.0. The number of rotatable bonds is 5. The quantitative estimate of drug-likeness (QED) is 0.723. The van der Waals surface area contributed by atoms with Crippen LogP contribution in [-0.4, -0.2) is 59.8 Å². The number of hydrogen-bond acceptors (Lipinski definition) is 3. The minimum absolute atomic E-state index is 0.312. The topological polar surface area (TPSA) is 15.7 Å². The second-order valence-corrected chi connectivity index (χ2v) is 10.3. The first kappa shape index (κ1) is 19.6. The summed E-state index contributed by atoms with van der Waals surface area (Å²) in [5.74, 6) is 1.88.